The van der Waals surface area contributed by atoms with Crippen molar-refractivity contribution in [1.82, 2.24) is 0 Å². The fraction of sp³-hybridized carbons (Fsp3) is 0.226. The van der Waals surface area contributed by atoms with Crippen LogP contribution in [0.15, 0.2) is 71.5 Å². The van der Waals surface area contributed by atoms with Crippen LogP contribution in [0.4, 0.5) is 11.4 Å². The quantitative estimate of drug-likeness (QED) is 0.125. The number of amides is 1. The van der Waals surface area contributed by atoms with E-state index < -0.39 is 81.8 Å². The molecule has 3 aromatic carbocycles. The lowest BCUT2D eigenvalue weighted by molar-refractivity contribution is -0.160. The molecule has 0 radical (unpaired) electrons. The number of ketones is 2. The molecule has 0 unspecified atom stereocenters. The second-order valence-electron chi connectivity index (χ2n) is 11.0. The van der Waals surface area contributed by atoms with Crippen molar-refractivity contribution in [1.29, 1.82) is 0 Å². The van der Waals surface area contributed by atoms with Crippen LogP contribution in [0.2, 0.25) is 0 Å². The van der Waals surface area contributed by atoms with Gasteiger partial charge in [0.05, 0.1) is 17.4 Å². The SMILES string of the molecule is C[C@H]1c2ccc(NC(=S)Nc3cccc4ccccc34)c(O)c2C(O)=C2C(=O)[C@]3(O)C(O)=C(C(N)=O)C(=O)C[C@@H]3[C@@H](O)[C@@H]21. The van der Waals surface area contributed by atoms with Crippen molar-refractivity contribution >= 4 is 62.7 Å². The van der Waals surface area contributed by atoms with Crippen LogP contribution in [0.5, 0.6) is 5.75 Å². The molecular formula is C31H27N3O8S. The molecule has 0 saturated heterocycles. The number of aliphatic hydroxyl groups is 4. The minimum absolute atomic E-state index is 0.0942. The number of fused-ring (bicyclic) bond motifs is 4. The number of aliphatic hydroxyl groups excluding tert-OH is 3. The molecule has 6 rings (SSSR count). The Labute approximate surface area is 250 Å². The molecule has 1 saturated carbocycles. The molecule has 0 spiro atoms. The topological polar surface area (TPSA) is 202 Å². The van der Waals surface area contributed by atoms with Gasteiger partial charge in [0.15, 0.2) is 16.5 Å². The molecule has 9 N–H and O–H groups in total. The fourth-order valence-electron chi connectivity index (χ4n) is 6.71. The summed E-state index contributed by atoms with van der Waals surface area (Å²) in [7, 11) is 0. The first-order valence-electron chi connectivity index (χ1n) is 13.4. The Bertz CT molecular complexity index is 1840. The van der Waals surface area contributed by atoms with E-state index in [-0.39, 0.29) is 16.4 Å². The number of aromatic hydroxyl groups is 1. The molecule has 0 heterocycles. The lowest BCUT2D eigenvalue weighted by Crippen LogP contribution is -2.63. The second-order valence-corrected chi connectivity index (χ2v) is 11.4. The van der Waals surface area contributed by atoms with Crippen LogP contribution in [0.3, 0.4) is 0 Å². The maximum Gasteiger partial charge on any atom is 0.255 e. The average molecular weight is 602 g/mol. The van der Waals surface area contributed by atoms with Gasteiger partial charge in [-0.1, -0.05) is 49.4 Å². The number of anilines is 2. The molecule has 1 fully saturated rings. The Hall–Kier alpha value is -4.78. The van der Waals surface area contributed by atoms with Crippen LogP contribution in [0, 0.1) is 11.8 Å². The van der Waals surface area contributed by atoms with Crippen LogP contribution >= 0.6 is 12.2 Å². The summed E-state index contributed by atoms with van der Waals surface area (Å²) < 4.78 is 0. The van der Waals surface area contributed by atoms with Crippen molar-refractivity contribution in [3.63, 3.8) is 0 Å². The number of nitrogens with two attached hydrogens (primary N) is 1. The molecule has 0 aliphatic heterocycles. The Morgan fingerprint density at radius 1 is 1.00 bits per heavy atom. The third-order valence-corrected chi connectivity index (χ3v) is 8.99. The number of nitrogens with one attached hydrogen (secondary N) is 2. The number of thiocarbonyl (C=S) groups is 1. The highest BCUT2D eigenvalue weighted by Gasteiger charge is 2.64. The van der Waals surface area contributed by atoms with Gasteiger partial charge in [-0.25, -0.2) is 0 Å². The molecular weight excluding hydrogens is 574 g/mol. The first kappa shape index (κ1) is 28.3. The summed E-state index contributed by atoms with van der Waals surface area (Å²) in [5.41, 5.74) is 1.99. The van der Waals surface area contributed by atoms with Crippen LogP contribution in [0.25, 0.3) is 16.5 Å². The number of hydrogen-bond donors (Lipinski definition) is 8. The largest absolute Gasteiger partial charge is 0.508 e. The van der Waals surface area contributed by atoms with Gasteiger partial charge in [0, 0.05) is 34.9 Å². The summed E-state index contributed by atoms with van der Waals surface area (Å²) in [6.07, 6.45) is -2.23. The first-order valence-corrected chi connectivity index (χ1v) is 13.9. The minimum Gasteiger partial charge on any atom is -0.508 e. The molecule has 3 aromatic rings. The van der Waals surface area contributed by atoms with Gasteiger partial charge >= 0.3 is 0 Å². The van der Waals surface area contributed by atoms with E-state index >= 15 is 0 Å². The maximum atomic E-state index is 13.8. The van der Waals surface area contributed by atoms with Gasteiger partial charge < -0.3 is 41.9 Å². The summed E-state index contributed by atoms with van der Waals surface area (Å²) >= 11 is 5.48. The zero-order valence-electron chi connectivity index (χ0n) is 22.7. The fourth-order valence-corrected chi connectivity index (χ4v) is 6.93. The summed E-state index contributed by atoms with van der Waals surface area (Å²) in [4.78, 5) is 38.3. The van der Waals surface area contributed by atoms with Crippen molar-refractivity contribution in [3.8, 4) is 5.75 Å². The maximum absolute atomic E-state index is 13.8. The highest BCUT2D eigenvalue weighted by atomic mass is 32.1. The number of rotatable bonds is 3. The first-order chi connectivity index (χ1) is 20.4. The molecule has 5 atom stereocenters. The van der Waals surface area contributed by atoms with E-state index in [0.29, 0.717) is 11.3 Å². The molecule has 220 valence electrons. The molecule has 1 amide bonds. The van der Waals surface area contributed by atoms with Gasteiger partial charge in [-0.3, -0.25) is 14.4 Å². The van der Waals surface area contributed by atoms with Crippen molar-refractivity contribution in [3.05, 3.63) is 82.6 Å². The molecule has 0 aromatic heterocycles. The van der Waals surface area contributed by atoms with E-state index in [1.165, 1.54) is 6.07 Å². The van der Waals surface area contributed by atoms with Crippen LogP contribution < -0.4 is 16.4 Å². The predicted molar refractivity (Wildman–Crippen MR) is 161 cm³/mol. The Balaban J connectivity index is 1.40. The van der Waals surface area contributed by atoms with E-state index in [0.717, 1.165) is 10.8 Å². The molecule has 3 aliphatic carbocycles. The van der Waals surface area contributed by atoms with Crippen molar-refractivity contribution in [2.75, 3.05) is 10.6 Å². The summed E-state index contributed by atoms with van der Waals surface area (Å²) in [6.45, 7) is 1.66. The molecule has 11 nitrogen and oxygen atoms in total. The van der Waals surface area contributed by atoms with E-state index in [4.69, 9.17) is 18.0 Å². The Morgan fingerprint density at radius 3 is 2.40 bits per heavy atom. The highest BCUT2D eigenvalue weighted by molar-refractivity contribution is 7.80. The van der Waals surface area contributed by atoms with Gasteiger partial charge in [0.1, 0.15) is 22.8 Å². The lowest BCUT2D eigenvalue weighted by atomic mass is 9.55. The zero-order chi connectivity index (χ0) is 31.0. The van der Waals surface area contributed by atoms with E-state index in [9.17, 15) is 39.9 Å². The van der Waals surface area contributed by atoms with Gasteiger partial charge in [0.2, 0.25) is 5.78 Å². The summed E-state index contributed by atoms with van der Waals surface area (Å²) in [5, 5.41) is 64.3. The Morgan fingerprint density at radius 2 is 1.67 bits per heavy atom. The number of primary amides is 1. The summed E-state index contributed by atoms with van der Waals surface area (Å²) in [6, 6.07) is 16.5. The number of phenols is 1. The third-order valence-electron chi connectivity index (χ3n) is 8.79. The van der Waals surface area contributed by atoms with Crippen molar-refractivity contribution < 1.29 is 39.9 Å². The normalized spacial score (nSPS) is 26.5. The number of phenolic OH excluding ortho intramolecular Hbond substituents is 1. The second kappa shape index (κ2) is 9.90. The number of carbonyl (C=O) groups excluding carboxylic acids is 3. The van der Waals surface area contributed by atoms with Gasteiger partial charge in [-0.05, 0) is 41.2 Å². The minimum atomic E-state index is -2.90. The molecule has 43 heavy (non-hydrogen) atoms. The molecule has 0 bridgehead atoms. The standard InChI is InChI=1S/C31H27N3O8S/c1-12-14-9-10-18(34-30(43)33-17-8-4-6-13-5-2-3-7-15(13)17)25(37)21(14)26(38)23-20(12)24(36)16-11-19(35)22(29(32)41)27(39)31(16,42)28(23)40/h2-10,12,16,20,24,36-39,42H,11H2,1H3,(H2,32,41)(H2,33,34,43)/t12-,16+,20+,24+,31+/m0/s1. The number of Topliss-reactive ketones (excluding diaryl/α,β-unsaturated/α-hetero) is 2. The van der Waals surface area contributed by atoms with Crippen molar-refractivity contribution in [2.45, 2.75) is 31.0 Å². The van der Waals surface area contributed by atoms with Crippen LogP contribution in [0.1, 0.15) is 30.4 Å². The van der Waals surface area contributed by atoms with Gasteiger partial charge in [-0.2, -0.15) is 0 Å². The summed E-state index contributed by atoms with van der Waals surface area (Å²) in [5.74, 6) is -9.24. The van der Waals surface area contributed by atoms with Crippen LogP contribution in [-0.4, -0.2) is 59.8 Å². The highest BCUT2D eigenvalue weighted by Crippen LogP contribution is 2.56. The van der Waals surface area contributed by atoms with E-state index in [2.05, 4.69) is 10.6 Å². The number of benzene rings is 3. The van der Waals surface area contributed by atoms with Crippen molar-refractivity contribution in [2.24, 2.45) is 17.6 Å². The Kier molecular flexibility index (Phi) is 6.53. The lowest BCUT2D eigenvalue weighted by Gasteiger charge is -2.50. The number of hydrogen-bond acceptors (Lipinski definition) is 9. The molecule has 12 heteroatoms. The van der Waals surface area contributed by atoms with E-state index in [1.54, 1.807) is 13.0 Å². The average Bonchev–Trinajstić information content (AvgIpc) is 2.96. The number of carbonyl (C=O) groups is 3. The monoisotopic (exact) mass is 601 g/mol. The van der Waals surface area contributed by atoms with Gasteiger partial charge in [0.25, 0.3) is 5.91 Å². The third kappa shape index (κ3) is 4.02. The van der Waals surface area contributed by atoms with E-state index in [1.807, 2.05) is 42.5 Å². The van der Waals surface area contributed by atoms with Crippen LogP contribution in [-0.2, 0) is 14.4 Å². The smallest absolute Gasteiger partial charge is 0.255 e. The zero-order valence-corrected chi connectivity index (χ0v) is 23.5. The molecule has 3 aliphatic rings. The van der Waals surface area contributed by atoms with Gasteiger partial charge in [-0.15, -0.1) is 0 Å². The predicted octanol–water partition coefficient (Wildman–Crippen LogP) is 2.92.